The van der Waals surface area contributed by atoms with Crippen LogP contribution in [0.15, 0.2) is 83.8 Å². The van der Waals surface area contributed by atoms with Crippen LogP contribution in [0.5, 0.6) is 0 Å². The number of sulfonamides is 1. The van der Waals surface area contributed by atoms with E-state index in [-0.39, 0.29) is 6.54 Å². The molecule has 2 amide bonds. The lowest BCUT2D eigenvalue weighted by Crippen LogP contribution is -2.40. The normalized spacial score (nSPS) is 11.3. The molecule has 0 unspecified atom stereocenters. The smallest absolute Gasteiger partial charge is 0.328 e. The van der Waals surface area contributed by atoms with Gasteiger partial charge in [0.1, 0.15) is 10.7 Å². The molecule has 0 saturated heterocycles. The third kappa shape index (κ3) is 5.41. The minimum atomic E-state index is -4.29. The van der Waals surface area contributed by atoms with Gasteiger partial charge < -0.3 is 5.32 Å². The molecule has 35 heavy (non-hydrogen) atoms. The van der Waals surface area contributed by atoms with Crippen LogP contribution in [-0.2, 0) is 16.4 Å². The maximum absolute atomic E-state index is 13.7. The van der Waals surface area contributed by atoms with Crippen LogP contribution >= 0.6 is 0 Å². The van der Waals surface area contributed by atoms with Crippen LogP contribution < -0.4 is 10.0 Å². The van der Waals surface area contributed by atoms with E-state index in [1.165, 1.54) is 12.1 Å². The van der Waals surface area contributed by atoms with Crippen molar-refractivity contribution >= 4 is 16.1 Å². The Hall–Kier alpha value is -3.98. The Bertz CT molecular complexity index is 1450. The molecule has 0 bridgehead atoms. The Balaban J connectivity index is 1.37. The summed E-state index contributed by atoms with van der Waals surface area (Å²) in [7, 11) is -4.29. The molecular formula is C26H25FN4O3S. The number of carbonyl (C=O) groups excluding carboxylic acids is 1. The minimum Gasteiger partial charge on any atom is -0.337 e. The Labute approximate surface area is 203 Å². The zero-order valence-corrected chi connectivity index (χ0v) is 20.1. The molecule has 0 saturated carbocycles. The zero-order chi connectivity index (χ0) is 25.0. The number of halogens is 1. The van der Waals surface area contributed by atoms with Crippen LogP contribution in [0, 0.1) is 19.7 Å². The van der Waals surface area contributed by atoms with Crippen LogP contribution in [-0.4, -0.2) is 30.8 Å². The molecule has 1 aromatic heterocycles. The molecule has 4 rings (SSSR count). The number of carbonyl (C=O) groups is 1. The van der Waals surface area contributed by atoms with Gasteiger partial charge in [-0.2, -0.15) is 5.10 Å². The second kappa shape index (κ2) is 10.1. The first-order valence-electron chi connectivity index (χ1n) is 11.0. The van der Waals surface area contributed by atoms with Crippen molar-refractivity contribution in [3.63, 3.8) is 0 Å². The molecule has 0 aliphatic carbocycles. The third-order valence-electron chi connectivity index (χ3n) is 5.59. The molecule has 4 aromatic rings. The van der Waals surface area contributed by atoms with Gasteiger partial charge in [0.25, 0.3) is 10.0 Å². The van der Waals surface area contributed by atoms with Crippen LogP contribution in [0.25, 0.3) is 16.8 Å². The first-order chi connectivity index (χ1) is 16.8. The number of urea groups is 1. The standard InChI is InChI=1S/C26H25FN4O3S/c1-18-25(21-8-4-3-5-9-21)19(2)31(29-18)22-14-12-20(13-15-22)16-17-28-26(32)30-35(33,34)24-11-7-6-10-23(24)27/h3-15H,16-17H2,1-2H3,(H2,28,30,32). The third-order valence-corrected chi connectivity index (χ3v) is 6.95. The fourth-order valence-electron chi connectivity index (χ4n) is 3.92. The predicted molar refractivity (Wildman–Crippen MR) is 132 cm³/mol. The maximum atomic E-state index is 13.7. The molecule has 0 aliphatic heterocycles. The highest BCUT2D eigenvalue weighted by molar-refractivity contribution is 7.90. The molecule has 0 radical (unpaired) electrons. The number of aryl methyl sites for hydroxylation is 1. The molecule has 0 aliphatic rings. The van der Waals surface area contributed by atoms with Crippen molar-refractivity contribution in [1.82, 2.24) is 19.8 Å². The molecule has 3 aromatic carbocycles. The van der Waals surface area contributed by atoms with E-state index in [2.05, 4.69) is 17.4 Å². The van der Waals surface area contributed by atoms with E-state index < -0.39 is 26.8 Å². The number of benzene rings is 3. The molecule has 9 heteroatoms. The highest BCUT2D eigenvalue weighted by atomic mass is 32.2. The van der Waals surface area contributed by atoms with Crippen molar-refractivity contribution < 1.29 is 17.6 Å². The SMILES string of the molecule is Cc1nn(-c2ccc(CCNC(=O)NS(=O)(=O)c3ccccc3F)cc2)c(C)c1-c1ccccc1. The second-order valence-corrected chi connectivity index (χ2v) is 9.68. The van der Waals surface area contributed by atoms with Gasteiger partial charge in [-0.3, -0.25) is 0 Å². The van der Waals surface area contributed by atoms with Gasteiger partial charge in [-0.15, -0.1) is 0 Å². The van der Waals surface area contributed by atoms with E-state index in [1.807, 2.05) is 65.7 Å². The van der Waals surface area contributed by atoms with Crippen molar-refractivity contribution in [3.05, 3.63) is 102 Å². The van der Waals surface area contributed by atoms with Crippen molar-refractivity contribution in [2.75, 3.05) is 6.54 Å². The minimum absolute atomic E-state index is 0.204. The van der Waals surface area contributed by atoms with E-state index in [0.29, 0.717) is 6.42 Å². The van der Waals surface area contributed by atoms with Crippen molar-refractivity contribution in [1.29, 1.82) is 0 Å². The van der Waals surface area contributed by atoms with Gasteiger partial charge in [0.15, 0.2) is 0 Å². The van der Waals surface area contributed by atoms with Gasteiger partial charge in [0.2, 0.25) is 0 Å². The topological polar surface area (TPSA) is 93.1 Å². The van der Waals surface area contributed by atoms with Gasteiger partial charge in [-0.25, -0.2) is 27.0 Å². The quantitative estimate of drug-likeness (QED) is 0.397. The molecule has 7 nitrogen and oxygen atoms in total. The summed E-state index contributed by atoms with van der Waals surface area (Å²) < 4.78 is 41.9. The van der Waals surface area contributed by atoms with Crippen molar-refractivity contribution in [2.45, 2.75) is 25.2 Å². The maximum Gasteiger partial charge on any atom is 0.328 e. The average Bonchev–Trinajstić information content (AvgIpc) is 3.13. The molecule has 0 atom stereocenters. The largest absolute Gasteiger partial charge is 0.337 e. The summed E-state index contributed by atoms with van der Waals surface area (Å²) >= 11 is 0. The first-order valence-corrected chi connectivity index (χ1v) is 12.5. The fourth-order valence-corrected chi connectivity index (χ4v) is 4.93. The van der Waals surface area contributed by atoms with Gasteiger partial charge in [0, 0.05) is 17.8 Å². The zero-order valence-electron chi connectivity index (χ0n) is 19.3. The molecule has 1 heterocycles. The summed E-state index contributed by atoms with van der Waals surface area (Å²) in [4.78, 5) is 11.4. The number of hydrogen-bond acceptors (Lipinski definition) is 4. The van der Waals surface area contributed by atoms with Crippen LogP contribution in [0.4, 0.5) is 9.18 Å². The van der Waals surface area contributed by atoms with E-state index in [4.69, 9.17) is 5.10 Å². The summed E-state index contributed by atoms with van der Waals surface area (Å²) in [5.74, 6) is -0.925. The second-order valence-electron chi connectivity index (χ2n) is 8.03. The van der Waals surface area contributed by atoms with Gasteiger partial charge >= 0.3 is 6.03 Å². The summed E-state index contributed by atoms with van der Waals surface area (Å²) in [5, 5.41) is 7.20. The number of hydrogen-bond donors (Lipinski definition) is 2. The molecule has 2 N–H and O–H groups in total. The van der Waals surface area contributed by atoms with E-state index in [1.54, 1.807) is 0 Å². The summed E-state index contributed by atoms with van der Waals surface area (Å²) in [5.41, 5.74) is 6.07. The number of nitrogens with one attached hydrogen (secondary N) is 2. The van der Waals surface area contributed by atoms with Gasteiger partial charge in [-0.05, 0) is 55.7 Å². The average molecular weight is 493 g/mol. The summed E-state index contributed by atoms with van der Waals surface area (Å²) in [6.07, 6.45) is 0.486. The lowest BCUT2D eigenvalue weighted by molar-refractivity contribution is 0.246. The monoisotopic (exact) mass is 492 g/mol. The summed E-state index contributed by atoms with van der Waals surface area (Å²) in [6.45, 7) is 4.23. The Morgan fingerprint density at radius 1 is 0.943 bits per heavy atom. The van der Waals surface area contributed by atoms with Gasteiger partial charge in [-0.1, -0.05) is 54.6 Å². The number of rotatable bonds is 7. The number of nitrogens with zero attached hydrogens (tertiary/aromatic N) is 2. The fraction of sp³-hybridized carbons (Fsp3) is 0.154. The lowest BCUT2D eigenvalue weighted by atomic mass is 10.0. The van der Waals surface area contributed by atoms with Gasteiger partial charge in [0.05, 0.1) is 11.4 Å². The predicted octanol–water partition coefficient (Wildman–Crippen LogP) is 4.53. The molecule has 180 valence electrons. The molecular weight excluding hydrogens is 467 g/mol. The lowest BCUT2D eigenvalue weighted by Gasteiger charge is -2.10. The molecule has 0 spiro atoms. The Morgan fingerprint density at radius 2 is 1.60 bits per heavy atom. The van der Waals surface area contributed by atoms with E-state index in [0.717, 1.165) is 45.9 Å². The van der Waals surface area contributed by atoms with E-state index in [9.17, 15) is 17.6 Å². The highest BCUT2D eigenvalue weighted by Gasteiger charge is 2.21. The first kappa shape index (κ1) is 24.2. The van der Waals surface area contributed by atoms with E-state index >= 15 is 0 Å². The van der Waals surface area contributed by atoms with Crippen LogP contribution in [0.2, 0.25) is 0 Å². The van der Waals surface area contributed by atoms with Crippen LogP contribution in [0.1, 0.15) is 17.0 Å². The Kier molecular flexibility index (Phi) is 6.97. The number of aromatic nitrogens is 2. The van der Waals surface area contributed by atoms with Crippen LogP contribution in [0.3, 0.4) is 0 Å². The van der Waals surface area contributed by atoms with Crippen molar-refractivity contribution in [3.8, 4) is 16.8 Å². The number of amides is 2. The molecule has 0 fully saturated rings. The van der Waals surface area contributed by atoms with Crippen molar-refractivity contribution in [2.24, 2.45) is 0 Å². The highest BCUT2D eigenvalue weighted by Crippen LogP contribution is 2.28. The summed E-state index contributed by atoms with van der Waals surface area (Å²) in [6, 6.07) is 21.8. The Morgan fingerprint density at radius 3 is 2.29 bits per heavy atom.